The molecule has 0 amide bonds. The van der Waals surface area contributed by atoms with Crippen LogP contribution in [0.15, 0.2) is 22.7 Å². The Morgan fingerprint density at radius 2 is 2.06 bits per heavy atom. The maximum absolute atomic E-state index is 11.8. The van der Waals surface area contributed by atoms with Crippen LogP contribution in [-0.4, -0.2) is 25.4 Å². The van der Waals surface area contributed by atoms with Gasteiger partial charge in [-0.3, -0.25) is 4.79 Å². The molecule has 0 aliphatic carbocycles. The fraction of sp³-hybridized carbons (Fsp3) is 0.364. The summed E-state index contributed by atoms with van der Waals surface area (Å²) < 4.78 is 45.4. The Hall–Kier alpha value is -1.08. The number of ether oxygens (including phenoxy) is 2. The molecule has 0 aliphatic rings. The van der Waals surface area contributed by atoms with Crippen LogP contribution in [-0.2, 0) is 4.74 Å². The molecule has 0 aliphatic heterocycles. The van der Waals surface area contributed by atoms with Crippen LogP contribution >= 0.6 is 15.9 Å². The largest absolute Gasteiger partial charge is 0.467 e. The van der Waals surface area contributed by atoms with Gasteiger partial charge in [0.05, 0.1) is 5.56 Å². The van der Waals surface area contributed by atoms with E-state index in [1.54, 1.807) is 6.07 Å². The van der Waals surface area contributed by atoms with Crippen LogP contribution < -0.4 is 4.74 Å². The minimum Gasteiger partial charge on any atom is -0.467 e. The van der Waals surface area contributed by atoms with Crippen LogP contribution in [0.4, 0.5) is 13.2 Å². The second-order valence-electron chi connectivity index (χ2n) is 3.42. The van der Waals surface area contributed by atoms with Gasteiger partial charge < -0.3 is 9.47 Å². The first-order chi connectivity index (χ1) is 8.29. The van der Waals surface area contributed by atoms with Gasteiger partial charge in [-0.05, 0) is 25.1 Å². The fourth-order valence-corrected chi connectivity index (χ4v) is 1.53. The van der Waals surface area contributed by atoms with Gasteiger partial charge in [0.2, 0.25) is 0 Å². The van der Waals surface area contributed by atoms with Crippen LogP contribution in [0, 0.1) is 0 Å². The van der Waals surface area contributed by atoms with E-state index in [2.05, 4.69) is 20.7 Å². The monoisotopic (exact) mass is 326 g/mol. The first-order valence-corrected chi connectivity index (χ1v) is 5.66. The Kier molecular flexibility index (Phi) is 5.15. The number of Topliss-reactive ketones (excluding diaryl/α,β-unsaturated/α-hetero) is 1. The molecule has 18 heavy (non-hydrogen) atoms. The topological polar surface area (TPSA) is 35.5 Å². The number of halogens is 4. The number of carbonyl (C=O) groups excluding carboxylic acids is 1. The summed E-state index contributed by atoms with van der Waals surface area (Å²) in [6.07, 6.45) is -4.40. The summed E-state index contributed by atoms with van der Waals surface area (Å²) in [4.78, 5) is 11.3. The molecular formula is C11H10BrF3O3. The molecular weight excluding hydrogens is 317 g/mol. The Bertz CT molecular complexity index is 432. The van der Waals surface area contributed by atoms with E-state index in [-0.39, 0.29) is 17.1 Å². The van der Waals surface area contributed by atoms with Crippen LogP contribution in [0.25, 0.3) is 0 Å². The molecule has 0 N–H and O–H groups in total. The van der Waals surface area contributed by atoms with E-state index < -0.39 is 19.6 Å². The van der Waals surface area contributed by atoms with E-state index in [1.807, 2.05) is 0 Å². The molecule has 1 aromatic carbocycles. The molecule has 0 atom stereocenters. The average Bonchev–Trinajstić information content (AvgIpc) is 2.24. The highest BCUT2D eigenvalue weighted by Crippen LogP contribution is 2.24. The molecule has 1 aromatic rings. The number of rotatable bonds is 5. The summed E-state index contributed by atoms with van der Waals surface area (Å²) in [7, 11) is 0. The summed E-state index contributed by atoms with van der Waals surface area (Å²) in [5.74, 6) is -0.0602. The quantitative estimate of drug-likeness (QED) is 0.471. The van der Waals surface area contributed by atoms with Crippen molar-refractivity contribution < 1.29 is 27.4 Å². The predicted octanol–water partition coefficient (Wildman–Crippen LogP) is 3.57. The highest BCUT2D eigenvalue weighted by atomic mass is 79.9. The van der Waals surface area contributed by atoms with Gasteiger partial charge in [-0.1, -0.05) is 15.9 Å². The zero-order valence-electron chi connectivity index (χ0n) is 9.38. The van der Waals surface area contributed by atoms with Crippen molar-refractivity contribution in [3.05, 3.63) is 28.2 Å². The maximum atomic E-state index is 11.8. The molecule has 0 unspecified atom stereocenters. The lowest BCUT2D eigenvalue weighted by Crippen LogP contribution is -2.19. The molecule has 0 heterocycles. The van der Waals surface area contributed by atoms with Gasteiger partial charge in [-0.2, -0.15) is 13.2 Å². The van der Waals surface area contributed by atoms with Gasteiger partial charge in [0.1, 0.15) is 12.4 Å². The Balaban J connectivity index is 2.59. The summed E-state index contributed by atoms with van der Waals surface area (Å²) in [5, 5.41) is 0. The third-order valence-corrected chi connectivity index (χ3v) is 2.38. The molecule has 100 valence electrons. The van der Waals surface area contributed by atoms with Crippen LogP contribution in [0.5, 0.6) is 5.75 Å². The lowest BCUT2D eigenvalue weighted by atomic mass is 10.1. The highest BCUT2D eigenvalue weighted by molar-refractivity contribution is 9.10. The lowest BCUT2D eigenvalue weighted by molar-refractivity contribution is -0.186. The van der Waals surface area contributed by atoms with E-state index in [4.69, 9.17) is 4.74 Å². The van der Waals surface area contributed by atoms with Gasteiger partial charge in [-0.15, -0.1) is 0 Å². The van der Waals surface area contributed by atoms with Gasteiger partial charge in [-0.25, -0.2) is 0 Å². The average molecular weight is 327 g/mol. The fourth-order valence-electron chi connectivity index (χ4n) is 1.17. The summed E-state index contributed by atoms with van der Waals surface area (Å²) in [5.41, 5.74) is 0.278. The number of hydrogen-bond acceptors (Lipinski definition) is 3. The molecule has 0 saturated carbocycles. The molecule has 1 rings (SSSR count). The number of benzene rings is 1. The first-order valence-electron chi connectivity index (χ1n) is 4.87. The molecule has 0 spiro atoms. The van der Waals surface area contributed by atoms with Crippen molar-refractivity contribution in [3.63, 3.8) is 0 Å². The first kappa shape index (κ1) is 15.0. The molecule has 3 nitrogen and oxygen atoms in total. The molecule has 0 saturated heterocycles. The van der Waals surface area contributed by atoms with Gasteiger partial charge >= 0.3 is 6.18 Å². The third-order valence-electron chi connectivity index (χ3n) is 1.88. The molecule has 0 fully saturated rings. The Labute approximate surface area is 110 Å². The van der Waals surface area contributed by atoms with Crippen molar-refractivity contribution in [2.45, 2.75) is 13.1 Å². The number of ketones is 1. The normalized spacial score (nSPS) is 11.4. The van der Waals surface area contributed by atoms with E-state index in [0.717, 1.165) is 0 Å². The Morgan fingerprint density at radius 3 is 2.61 bits per heavy atom. The van der Waals surface area contributed by atoms with Gasteiger partial charge in [0.25, 0.3) is 0 Å². The third kappa shape index (κ3) is 5.05. The second kappa shape index (κ2) is 6.19. The van der Waals surface area contributed by atoms with Crippen molar-refractivity contribution in [1.29, 1.82) is 0 Å². The molecule has 0 radical (unpaired) electrons. The van der Waals surface area contributed by atoms with Gasteiger partial charge in [0, 0.05) is 4.47 Å². The predicted molar refractivity (Wildman–Crippen MR) is 61.6 cm³/mol. The van der Waals surface area contributed by atoms with Crippen LogP contribution in [0.3, 0.4) is 0 Å². The summed E-state index contributed by atoms with van der Waals surface area (Å²) in [6, 6.07) is 4.63. The van der Waals surface area contributed by atoms with Crippen molar-refractivity contribution in [2.24, 2.45) is 0 Å². The van der Waals surface area contributed by atoms with Crippen LogP contribution in [0.2, 0.25) is 0 Å². The minimum absolute atomic E-state index is 0.188. The zero-order chi connectivity index (χ0) is 13.8. The van der Waals surface area contributed by atoms with Crippen molar-refractivity contribution in [2.75, 3.05) is 13.4 Å². The Morgan fingerprint density at radius 1 is 1.39 bits per heavy atom. The smallest absolute Gasteiger partial charge is 0.411 e. The van der Waals surface area contributed by atoms with Crippen LogP contribution in [0.1, 0.15) is 17.3 Å². The second-order valence-corrected chi connectivity index (χ2v) is 4.34. The minimum atomic E-state index is -4.40. The number of alkyl halides is 3. The molecule has 0 aromatic heterocycles. The maximum Gasteiger partial charge on any atom is 0.411 e. The molecule has 7 heteroatoms. The number of carbonyl (C=O) groups is 1. The standard InChI is InChI=1S/C11H10BrF3O3/c1-7(16)9-4-8(12)2-3-10(9)18-6-17-5-11(13,14)15/h2-4H,5-6H2,1H3. The van der Waals surface area contributed by atoms with E-state index >= 15 is 0 Å². The summed E-state index contributed by atoms with van der Waals surface area (Å²) in [6.45, 7) is -0.619. The van der Waals surface area contributed by atoms with Crippen molar-refractivity contribution in [3.8, 4) is 5.75 Å². The molecule has 0 bridgehead atoms. The lowest BCUT2D eigenvalue weighted by Gasteiger charge is -2.11. The SMILES string of the molecule is CC(=O)c1cc(Br)ccc1OCOCC(F)(F)F. The van der Waals surface area contributed by atoms with Crippen molar-refractivity contribution in [1.82, 2.24) is 0 Å². The van der Waals surface area contributed by atoms with Crippen molar-refractivity contribution >= 4 is 21.7 Å². The van der Waals surface area contributed by atoms with E-state index in [0.29, 0.717) is 4.47 Å². The summed E-state index contributed by atoms with van der Waals surface area (Å²) >= 11 is 3.18. The highest BCUT2D eigenvalue weighted by Gasteiger charge is 2.27. The number of hydrogen-bond donors (Lipinski definition) is 0. The van der Waals surface area contributed by atoms with Gasteiger partial charge in [0.15, 0.2) is 12.6 Å². The van der Waals surface area contributed by atoms with E-state index in [9.17, 15) is 18.0 Å². The van der Waals surface area contributed by atoms with E-state index in [1.165, 1.54) is 19.1 Å². The zero-order valence-corrected chi connectivity index (χ0v) is 11.0.